The van der Waals surface area contributed by atoms with E-state index in [4.69, 9.17) is 16.3 Å². The molecule has 0 unspecified atom stereocenters. The molecule has 0 aromatic heterocycles. The fourth-order valence-corrected chi connectivity index (χ4v) is 6.56. The van der Waals surface area contributed by atoms with Crippen LogP contribution in [0.25, 0.3) is 0 Å². The van der Waals surface area contributed by atoms with Crippen molar-refractivity contribution in [1.29, 1.82) is 0 Å². The molecule has 3 aromatic carbocycles. The minimum atomic E-state index is -0.280. The van der Waals surface area contributed by atoms with Gasteiger partial charge in [-0.25, -0.2) is 0 Å². The molecule has 5 nitrogen and oxygen atoms in total. The van der Waals surface area contributed by atoms with E-state index in [-0.39, 0.29) is 16.7 Å². The summed E-state index contributed by atoms with van der Waals surface area (Å²) in [5, 5.41) is 15.8. The Morgan fingerprint density at radius 1 is 1.00 bits per heavy atom. The first kappa shape index (κ1) is 20.5. The molecule has 0 radical (unpaired) electrons. The van der Waals surface area contributed by atoms with Crippen LogP contribution in [0.5, 0.6) is 5.75 Å². The lowest BCUT2D eigenvalue weighted by molar-refractivity contribution is -0.384. The number of nitrogens with one attached hydrogen (secondary N) is 1. The highest BCUT2D eigenvalue weighted by Gasteiger charge is 2.54. The molecule has 0 amide bonds. The third-order valence-corrected chi connectivity index (χ3v) is 8.09. The zero-order valence-corrected chi connectivity index (χ0v) is 18.9. The largest absolute Gasteiger partial charge is 0.489 e. The molecule has 33 heavy (non-hydrogen) atoms. The van der Waals surface area contributed by atoms with Crippen molar-refractivity contribution in [2.75, 3.05) is 5.32 Å². The number of anilines is 1. The van der Waals surface area contributed by atoms with Crippen LogP contribution in [0.15, 0.2) is 66.7 Å². The summed E-state index contributed by atoms with van der Waals surface area (Å²) >= 11 is 5.96. The topological polar surface area (TPSA) is 64.4 Å². The smallest absolute Gasteiger partial charge is 0.269 e. The zero-order valence-electron chi connectivity index (χ0n) is 18.1. The molecule has 2 bridgehead atoms. The normalized spacial score (nSPS) is 26.9. The van der Waals surface area contributed by atoms with Crippen LogP contribution in [0.3, 0.4) is 0 Å². The summed E-state index contributed by atoms with van der Waals surface area (Å²) in [4.78, 5) is 11.1. The molecule has 3 aliphatic rings. The van der Waals surface area contributed by atoms with E-state index >= 15 is 0 Å². The summed E-state index contributed by atoms with van der Waals surface area (Å²) in [6, 6.07) is 21.6. The van der Waals surface area contributed by atoms with Crippen molar-refractivity contribution in [2.45, 2.75) is 37.8 Å². The Balaban J connectivity index is 1.25. The van der Waals surface area contributed by atoms with Gasteiger partial charge in [0.05, 0.1) is 11.0 Å². The van der Waals surface area contributed by atoms with E-state index < -0.39 is 0 Å². The lowest BCUT2D eigenvalue weighted by Gasteiger charge is -2.43. The Hall–Kier alpha value is -3.05. The van der Waals surface area contributed by atoms with Gasteiger partial charge in [-0.05, 0) is 90.0 Å². The van der Waals surface area contributed by atoms with Gasteiger partial charge in [-0.1, -0.05) is 35.9 Å². The predicted molar refractivity (Wildman–Crippen MR) is 129 cm³/mol. The average Bonchev–Trinajstić information content (AvgIpc) is 3.46. The standard InChI is InChI=1S/C27H25ClN2O3/c28-20-7-1-16(2-8-20)15-33-22-10-5-17(6-11-22)27-26-19-4-3-18(13-19)25(26)23-14-21(30(31)32)9-12-24(23)29-27/h1-2,5-12,14,18-19,25-27,29H,3-4,13,15H2/t18-,19-,25-,26-,27+/m0/s1. The molecule has 2 aliphatic carbocycles. The minimum absolute atomic E-state index is 0.192. The number of hydrogen-bond donors (Lipinski definition) is 1. The Morgan fingerprint density at radius 2 is 1.76 bits per heavy atom. The average molecular weight is 461 g/mol. The van der Waals surface area contributed by atoms with Gasteiger partial charge in [0, 0.05) is 22.8 Å². The molecule has 6 heteroatoms. The van der Waals surface area contributed by atoms with Crippen molar-refractivity contribution in [3.8, 4) is 5.75 Å². The third-order valence-electron chi connectivity index (χ3n) is 7.84. The van der Waals surface area contributed by atoms with Gasteiger partial charge in [-0.3, -0.25) is 10.1 Å². The molecule has 0 spiro atoms. The molecule has 1 aliphatic heterocycles. The molecule has 2 saturated carbocycles. The van der Waals surface area contributed by atoms with Crippen LogP contribution in [-0.2, 0) is 6.61 Å². The number of nitro groups is 1. The molecular weight excluding hydrogens is 436 g/mol. The van der Waals surface area contributed by atoms with Crippen LogP contribution in [0.2, 0.25) is 5.02 Å². The quantitative estimate of drug-likeness (QED) is 0.325. The van der Waals surface area contributed by atoms with Crippen LogP contribution < -0.4 is 10.1 Å². The van der Waals surface area contributed by atoms with E-state index in [1.54, 1.807) is 6.07 Å². The molecule has 5 atom stereocenters. The lowest BCUT2D eigenvalue weighted by Crippen LogP contribution is -2.35. The maximum absolute atomic E-state index is 11.4. The van der Waals surface area contributed by atoms with E-state index in [0.29, 0.717) is 30.3 Å². The monoisotopic (exact) mass is 460 g/mol. The van der Waals surface area contributed by atoms with Crippen molar-refractivity contribution in [2.24, 2.45) is 17.8 Å². The highest BCUT2D eigenvalue weighted by atomic mass is 35.5. The first-order chi connectivity index (χ1) is 16.1. The van der Waals surface area contributed by atoms with Gasteiger partial charge < -0.3 is 10.1 Å². The van der Waals surface area contributed by atoms with E-state index in [0.717, 1.165) is 27.6 Å². The number of hydrogen-bond acceptors (Lipinski definition) is 4. The highest BCUT2D eigenvalue weighted by molar-refractivity contribution is 6.30. The SMILES string of the molecule is O=[N+]([O-])c1ccc2c(c1)[C@@H]1[C@H]3CC[C@@H](C3)[C@@H]1[C@@H](c1ccc(OCc3ccc(Cl)cc3)cc1)N2. The van der Waals surface area contributed by atoms with Gasteiger partial charge >= 0.3 is 0 Å². The maximum Gasteiger partial charge on any atom is 0.269 e. The summed E-state index contributed by atoms with van der Waals surface area (Å²) in [5.74, 6) is 3.01. The van der Waals surface area contributed by atoms with Crippen molar-refractivity contribution < 1.29 is 9.66 Å². The second-order valence-corrected chi connectivity index (χ2v) is 10.0. The summed E-state index contributed by atoms with van der Waals surface area (Å²) in [6.45, 7) is 0.499. The van der Waals surface area contributed by atoms with E-state index in [1.165, 1.54) is 24.8 Å². The molecule has 2 fully saturated rings. The fourth-order valence-electron chi connectivity index (χ4n) is 6.44. The second-order valence-electron chi connectivity index (χ2n) is 9.57. The van der Waals surface area contributed by atoms with E-state index in [9.17, 15) is 10.1 Å². The number of rotatable bonds is 5. The fraction of sp³-hybridized carbons (Fsp3) is 0.333. The van der Waals surface area contributed by atoms with Crippen molar-refractivity contribution in [3.63, 3.8) is 0 Å². The van der Waals surface area contributed by atoms with Gasteiger partial charge in [0.1, 0.15) is 12.4 Å². The zero-order chi connectivity index (χ0) is 22.5. The van der Waals surface area contributed by atoms with Crippen LogP contribution in [0.1, 0.15) is 47.9 Å². The number of nitro benzene ring substituents is 1. The van der Waals surface area contributed by atoms with Crippen molar-refractivity contribution >= 4 is 23.0 Å². The molecular formula is C27H25ClN2O3. The molecule has 168 valence electrons. The molecule has 1 N–H and O–H groups in total. The summed E-state index contributed by atoms with van der Waals surface area (Å²) in [5.41, 5.74) is 4.70. The van der Waals surface area contributed by atoms with Crippen molar-refractivity contribution in [3.05, 3.63) is 98.6 Å². The first-order valence-corrected chi connectivity index (χ1v) is 12.0. The Bertz CT molecular complexity index is 1190. The summed E-state index contributed by atoms with van der Waals surface area (Å²) in [6.07, 6.45) is 3.73. The van der Waals surface area contributed by atoms with Crippen LogP contribution >= 0.6 is 11.6 Å². The Labute approximate surface area is 197 Å². The third kappa shape index (κ3) is 3.65. The predicted octanol–water partition coefficient (Wildman–Crippen LogP) is 7.12. The highest BCUT2D eigenvalue weighted by Crippen LogP contribution is 2.63. The summed E-state index contributed by atoms with van der Waals surface area (Å²) < 4.78 is 5.97. The van der Waals surface area contributed by atoms with Crippen LogP contribution in [0.4, 0.5) is 11.4 Å². The number of halogens is 1. The van der Waals surface area contributed by atoms with Gasteiger partial charge in [0.2, 0.25) is 0 Å². The van der Waals surface area contributed by atoms with Crippen LogP contribution in [-0.4, -0.2) is 4.92 Å². The molecule has 6 rings (SSSR count). The van der Waals surface area contributed by atoms with Crippen LogP contribution in [0, 0.1) is 27.9 Å². The number of fused-ring (bicyclic) bond motifs is 7. The van der Waals surface area contributed by atoms with Gasteiger partial charge in [-0.15, -0.1) is 0 Å². The van der Waals surface area contributed by atoms with Crippen molar-refractivity contribution in [1.82, 2.24) is 0 Å². The van der Waals surface area contributed by atoms with Gasteiger partial charge in [-0.2, -0.15) is 0 Å². The van der Waals surface area contributed by atoms with Gasteiger partial charge in [0.15, 0.2) is 0 Å². The molecule has 3 aromatic rings. The maximum atomic E-state index is 11.4. The summed E-state index contributed by atoms with van der Waals surface area (Å²) in [7, 11) is 0. The second kappa shape index (κ2) is 8.07. The lowest BCUT2D eigenvalue weighted by atomic mass is 9.68. The number of benzene rings is 3. The number of nitrogens with zero attached hydrogens (tertiary/aromatic N) is 1. The molecule has 0 saturated heterocycles. The van der Waals surface area contributed by atoms with Gasteiger partial charge in [0.25, 0.3) is 5.69 Å². The Morgan fingerprint density at radius 3 is 2.52 bits per heavy atom. The molecule has 1 heterocycles. The minimum Gasteiger partial charge on any atom is -0.489 e. The Kier molecular flexibility index (Phi) is 5.02. The number of non-ortho nitro benzene ring substituents is 1. The first-order valence-electron chi connectivity index (χ1n) is 11.6. The number of ether oxygens (including phenoxy) is 1. The van der Waals surface area contributed by atoms with E-state index in [1.807, 2.05) is 48.5 Å². The van der Waals surface area contributed by atoms with E-state index in [2.05, 4.69) is 17.4 Å².